The SMILES string of the molecule is CNc1ccc(-c2cc(F)c(N=O)c(F)c2)cc1Sc1cncc(-c2cc(F)c(N=O)c(P)c2)c1. The molecule has 0 radical (unpaired) electrons. The topological polar surface area (TPSA) is 83.8 Å². The highest BCUT2D eigenvalue weighted by Gasteiger charge is 2.15. The summed E-state index contributed by atoms with van der Waals surface area (Å²) in [6.45, 7) is 0. The van der Waals surface area contributed by atoms with Gasteiger partial charge in [-0.3, -0.25) is 4.98 Å². The number of nitroso groups, excluding NO2 is 2. The van der Waals surface area contributed by atoms with Gasteiger partial charge in [0.2, 0.25) is 0 Å². The van der Waals surface area contributed by atoms with Crippen LogP contribution in [0.2, 0.25) is 0 Å². The van der Waals surface area contributed by atoms with Crippen LogP contribution in [-0.4, -0.2) is 12.0 Å². The number of hydrogen-bond acceptors (Lipinski definition) is 7. The molecule has 4 aromatic rings. The summed E-state index contributed by atoms with van der Waals surface area (Å²) in [6, 6.07) is 12.0. The lowest BCUT2D eigenvalue weighted by atomic mass is 10.0. The van der Waals surface area contributed by atoms with Crippen LogP contribution in [0, 0.1) is 27.3 Å². The van der Waals surface area contributed by atoms with Crippen molar-refractivity contribution in [2.45, 2.75) is 9.79 Å². The number of anilines is 1. The van der Waals surface area contributed by atoms with Crippen molar-refractivity contribution in [2.24, 2.45) is 10.4 Å². The maximum absolute atomic E-state index is 14.2. The maximum atomic E-state index is 14.2. The summed E-state index contributed by atoms with van der Waals surface area (Å²) >= 11 is 1.34. The van der Waals surface area contributed by atoms with Crippen molar-refractivity contribution < 1.29 is 13.2 Å². The summed E-state index contributed by atoms with van der Waals surface area (Å²) in [4.78, 5) is 27.2. The van der Waals surface area contributed by atoms with Gasteiger partial charge in [-0.1, -0.05) is 17.8 Å². The molecule has 0 aliphatic heterocycles. The Morgan fingerprint density at radius 3 is 2.03 bits per heavy atom. The van der Waals surface area contributed by atoms with Gasteiger partial charge in [0.25, 0.3) is 0 Å². The van der Waals surface area contributed by atoms with Gasteiger partial charge < -0.3 is 5.32 Å². The Morgan fingerprint density at radius 2 is 1.43 bits per heavy atom. The fourth-order valence-corrected chi connectivity index (χ4v) is 4.84. The molecule has 0 saturated heterocycles. The molecule has 1 heterocycles. The van der Waals surface area contributed by atoms with Crippen molar-refractivity contribution in [3.8, 4) is 22.3 Å². The van der Waals surface area contributed by atoms with Crippen LogP contribution in [0.5, 0.6) is 0 Å². The molecule has 1 N–H and O–H groups in total. The van der Waals surface area contributed by atoms with E-state index in [-0.39, 0.29) is 11.3 Å². The Morgan fingerprint density at radius 1 is 0.800 bits per heavy atom. The zero-order chi connectivity index (χ0) is 25.1. The standard InChI is InChI=1S/C24H16F3N4O2PS/c1-28-20-3-2-12(13-5-17(25)23(30-32)18(26)6-13)9-22(20)35-16-4-15(10-29-11-16)14-7-19(27)24(31-33)21(34)8-14/h2-11,28H,34H2,1H3. The van der Waals surface area contributed by atoms with Crippen LogP contribution in [0.25, 0.3) is 22.3 Å². The van der Waals surface area contributed by atoms with Gasteiger partial charge in [0.1, 0.15) is 0 Å². The second-order valence-corrected chi connectivity index (χ2v) is 9.08. The summed E-state index contributed by atoms with van der Waals surface area (Å²) in [7, 11) is 4.03. The Balaban J connectivity index is 1.71. The summed E-state index contributed by atoms with van der Waals surface area (Å²) < 4.78 is 42.4. The number of rotatable bonds is 7. The maximum Gasteiger partial charge on any atom is 0.179 e. The first-order valence-corrected chi connectivity index (χ1v) is 11.4. The molecule has 0 bridgehead atoms. The summed E-state index contributed by atoms with van der Waals surface area (Å²) in [6.07, 6.45) is 3.20. The van der Waals surface area contributed by atoms with Gasteiger partial charge in [-0.25, -0.2) is 13.2 Å². The quantitative estimate of drug-likeness (QED) is 0.207. The second-order valence-electron chi connectivity index (χ2n) is 7.34. The first kappa shape index (κ1) is 24.5. The molecule has 1 atom stereocenters. The Labute approximate surface area is 204 Å². The molecule has 1 unspecified atom stereocenters. The zero-order valence-corrected chi connectivity index (χ0v) is 20.0. The first-order valence-electron chi connectivity index (χ1n) is 10.0. The Hall–Kier alpha value is -3.62. The number of hydrogen-bond donors (Lipinski definition) is 1. The van der Waals surface area contributed by atoms with Gasteiger partial charge in [-0.05, 0) is 69.5 Å². The van der Waals surface area contributed by atoms with E-state index in [1.165, 1.54) is 17.8 Å². The van der Waals surface area contributed by atoms with E-state index in [1.807, 2.05) is 0 Å². The number of pyridine rings is 1. The third kappa shape index (κ3) is 5.08. The van der Waals surface area contributed by atoms with Crippen LogP contribution in [0.15, 0.2) is 81.1 Å². The third-order valence-electron chi connectivity index (χ3n) is 5.15. The normalized spacial score (nSPS) is 10.8. The molecular weight excluding hydrogens is 496 g/mol. The highest BCUT2D eigenvalue weighted by Crippen LogP contribution is 2.38. The van der Waals surface area contributed by atoms with Gasteiger partial charge >= 0.3 is 0 Å². The Kier molecular flexibility index (Phi) is 7.23. The third-order valence-corrected chi connectivity index (χ3v) is 6.61. The molecule has 0 saturated carbocycles. The van der Waals surface area contributed by atoms with E-state index in [4.69, 9.17) is 0 Å². The number of aromatic nitrogens is 1. The lowest BCUT2D eigenvalue weighted by molar-refractivity contribution is 0.588. The fourth-order valence-electron chi connectivity index (χ4n) is 3.46. The molecule has 0 aliphatic carbocycles. The predicted octanol–water partition coefficient (Wildman–Crippen LogP) is 7.32. The minimum absolute atomic E-state index is 0.246. The van der Waals surface area contributed by atoms with Crippen molar-refractivity contribution in [3.05, 3.63) is 88.2 Å². The lowest BCUT2D eigenvalue weighted by Crippen LogP contribution is -1.97. The minimum Gasteiger partial charge on any atom is -0.387 e. The smallest absolute Gasteiger partial charge is 0.179 e. The van der Waals surface area contributed by atoms with Gasteiger partial charge in [0.05, 0.1) is 0 Å². The summed E-state index contributed by atoms with van der Waals surface area (Å²) in [5, 5.41) is 8.50. The highest BCUT2D eigenvalue weighted by atomic mass is 32.2. The van der Waals surface area contributed by atoms with Crippen molar-refractivity contribution in [2.75, 3.05) is 12.4 Å². The largest absolute Gasteiger partial charge is 0.387 e. The van der Waals surface area contributed by atoms with Crippen molar-refractivity contribution >= 4 is 43.4 Å². The van der Waals surface area contributed by atoms with Crippen molar-refractivity contribution in [3.63, 3.8) is 0 Å². The molecule has 1 aromatic heterocycles. The average Bonchev–Trinajstić information content (AvgIpc) is 2.84. The first-order chi connectivity index (χ1) is 16.8. The van der Waals surface area contributed by atoms with E-state index >= 15 is 0 Å². The number of halogens is 3. The lowest BCUT2D eigenvalue weighted by Gasteiger charge is -2.13. The van der Waals surface area contributed by atoms with Crippen LogP contribution in [0.4, 0.5) is 30.2 Å². The molecule has 6 nitrogen and oxygen atoms in total. The average molecular weight is 512 g/mol. The van der Waals surface area contributed by atoms with Crippen LogP contribution in [0.1, 0.15) is 0 Å². The molecule has 0 fully saturated rings. The molecule has 0 spiro atoms. The predicted molar refractivity (Wildman–Crippen MR) is 135 cm³/mol. The molecule has 35 heavy (non-hydrogen) atoms. The molecule has 0 aliphatic rings. The van der Waals surface area contributed by atoms with Gasteiger partial charge in [0, 0.05) is 45.8 Å². The van der Waals surface area contributed by atoms with E-state index < -0.39 is 23.1 Å². The Bertz CT molecular complexity index is 1420. The van der Waals surface area contributed by atoms with Gasteiger partial charge in [-0.15, -0.1) is 19.1 Å². The molecule has 176 valence electrons. The fraction of sp³-hybridized carbons (Fsp3) is 0.0417. The summed E-state index contributed by atoms with van der Waals surface area (Å²) in [5.74, 6) is -2.83. The van der Waals surface area contributed by atoms with Crippen LogP contribution in [-0.2, 0) is 0 Å². The second kappa shape index (κ2) is 10.3. The van der Waals surface area contributed by atoms with Gasteiger partial charge in [0.15, 0.2) is 28.8 Å². The van der Waals surface area contributed by atoms with Crippen molar-refractivity contribution in [1.29, 1.82) is 0 Å². The molecule has 4 rings (SSSR count). The molecular formula is C24H16F3N4O2PS. The van der Waals surface area contributed by atoms with E-state index in [9.17, 15) is 23.0 Å². The van der Waals surface area contributed by atoms with E-state index in [2.05, 4.69) is 29.9 Å². The molecule has 3 aromatic carbocycles. The molecule has 11 heteroatoms. The van der Waals surface area contributed by atoms with E-state index in [0.717, 1.165) is 27.6 Å². The molecule has 0 amide bonds. The van der Waals surface area contributed by atoms with E-state index in [0.29, 0.717) is 22.0 Å². The number of benzene rings is 3. The highest BCUT2D eigenvalue weighted by molar-refractivity contribution is 7.99. The minimum atomic E-state index is -1.05. The van der Waals surface area contributed by atoms with Crippen LogP contribution in [0.3, 0.4) is 0 Å². The van der Waals surface area contributed by atoms with E-state index in [1.54, 1.807) is 49.8 Å². The zero-order valence-electron chi connectivity index (χ0n) is 18.1. The van der Waals surface area contributed by atoms with Crippen molar-refractivity contribution in [1.82, 2.24) is 4.98 Å². The number of nitrogens with zero attached hydrogens (tertiary/aromatic N) is 3. The monoisotopic (exact) mass is 512 g/mol. The van der Waals surface area contributed by atoms with Crippen LogP contribution >= 0.6 is 21.0 Å². The summed E-state index contributed by atoms with van der Waals surface area (Å²) in [5.41, 5.74) is 1.55. The van der Waals surface area contributed by atoms with Crippen LogP contribution < -0.4 is 10.6 Å². The number of nitrogens with one attached hydrogen (secondary N) is 1. The van der Waals surface area contributed by atoms with Gasteiger partial charge in [-0.2, -0.15) is 0 Å².